The fourth-order valence-corrected chi connectivity index (χ4v) is 3.66. The van der Waals surface area contributed by atoms with Gasteiger partial charge in [0.15, 0.2) is 5.69 Å². The number of aryl methyl sites for hydroxylation is 1. The molecule has 0 bridgehead atoms. The minimum Gasteiger partial charge on any atom is -0.489 e. The van der Waals surface area contributed by atoms with Gasteiger partial charge >= 0.3 is 5.97 Å². The number of hydrazone groups is 1. The van der Waals surface area contributed by atoms with Gasteiger partial charge in [-0.05, 0) is 60.0 Å². The van der Waals surface area contributed by atoms with Crippen LogP contribution >= 0.6 is 0 Å². The fraction of sp³-hybridized carbons (Fsp3) is 0.179. The van der Waals surface area contributed by atoms with Gasteiger partial charge in [-0.1, -0.05) is 37.3 Å². The van der Waals surface area contributed by atoms with E-state index in [4.69, 9.17) is 9.47 Å². The van der Waals surface area contributed by atoms with Gasteiger partial charge < -0.3 is 9.47 Å². The van der Waals surface area contributed by atoms with Crippen LogP contribution < -0.4 is 15.7 Å². The van der Waals surface area contributed by atoms with E-state index in [1.165, 1.54) is 18.0 Å². The molecule has 0 saturated heterocycles. The normalized spacial score (nSPS) is 11.0. The van der Waals surface area contributed by atoms with E-state index in [2.05, 4.69) is 15.6 Å². The van der Waals surface area contributed by atoms with Crippen molar-refractivity contribution >= 4 is 28.9 Å². The van der Waals surface area contributed by atoms with E-state index in [0.29, 0.717) is 41.7 Å². The predicted molar refractivity (Wildman–Crippen MR) is 140 cm³/mol. The number of esters is 1. The molecule has 37 heavy (non-hydrogen) atoms. The molecule has 1 aromatic heterocycles. The molecule has 188 valence electrons. The quantitative estimate of drug-likeness (QED) is 0.213. The molecule has 0 radical (unpaired) electrons. The minimum atomic E-state index is -0.504. The summed E-state index contributed by atoms with van der Waals surface area (Å²) in [6.45, 7) is 2.69. The molecule has 1 amide bonds. The first-order valence-electron chi connectivity index (χ1n) is 11.7. The first-order chi connectivity index (χ1) is 18.0. The van der Waals surface area contributed by atoms with Crippen molar-refractivity contribution in [3.63, 3.8) is 0 Å². The molecule has 0 aliphatic heterocycles. The first kappa shape index (κ1) is 25.3. The summed E-state index contributed by atoms with van der Waals surface area (Å²) in [5, 5.41) is 9.23. The summed E-state index contributed by atoms with van der Waals surface area (Å²) in [5.41, 5.74) is 4.56. The number of aromatic nitrogens is 2. The van der Waals surface area contributed by atoms with Crippen LogP contribution in [0.2, 0.25) is 0 Å². The smallest absolute Gasteiger partial charge is 0.337 e. The van der Waals surface area contributed by atoms with Gasteiger partial charge in [0.2, 0.25) is 0 Å². The maximum atomic E-state index is 12.8. The molecule has 1 heterocycles. The second kappa shape index (κ2) is 11.8. The summed E-state index contributed by atoms with van der Waals surface area (Å²) in [7, 11) is 1.34. The Morgan fingerprint density at radius 2 is 1.70 bits per heavy atom. The van der Waals surface area contributed by atoms with E-state index in [9.17, 15) is 14.4 Å². The van der Waals surface area contributed by atoms with Crippen LogP contribution in [0, 0.1) is 0 Å². The second-order valence-corrected chi connectivity index (χ2v) is 8.17. The van der Waals surface area contributed by atoms with Crippen LogP contribution in [0.5, 0.6) is 5.75 Å². The number of hydrogen-bond donors (Lipinski definition) is 1. The van der Waals surface area contributed by atoms with Crippen LogP contribution in [0.1, 0.15) is 45.3 Å². The Kier molecular flexibility index (Phi) is 8.05. The van der Waals surface area contributed by atoms with E-state index >= 15 is 0 Å². The van der Waals surface area contributed by atoms with Crippen molar-refractivity contribution in [3.8, 4) is 5.75 Å². The van der Waals surface area contributed by atoms with Crippen LogP contribution in [0.3, 0.4) is 0 Å². The van der Waals surface area contributed by atoms with Crippen molar-refractivity contribution in [2.24, 2.45) is 5.10 Å². The molecular formula is C28H26N4O5. The molecule has 0 unspecified atom stereocenters. The Morgan fingerprint density at radius 1 is 1.00 bits per heavy atom. The van der Waals surface area contributed by atoms with Gasteiger partial charge in [-0.3, -0.25) is 9.59 Å². The molecule has 9 heteroatoms. The Bertz CT molecular complexity index is 1490. The number of benzene rings is 3. The molecule has 0 fully saturated rings. The van der Waals surface area contributed by atoms with Crippen LogP contribution in [-0.4, -0.2) is 35.0 Å². The summed E-state index contributed by atoms with van der Waals surface area (Å²) >= 11 is 0. The molecular weight excluding hydrogens is 472 g/mol. The lowest BCUT2D eigenvalue weighted by Gasteiger charge is -2.09. The minimum absolute atomic E-state index is 0.143. The van der Waals surface area contributed by atoms with Crippen molar-refractivity contribution in [3.05, 3.63) is 106 Å². The van der Waals surface area contributed by atoms with E-state index < -0.39 is 5.91 Å². The molecule has 9 nitrogen and oxygen atoms in total. The van der Waals surface area contributed by atoms with Crippen molar-refractivity contribution in [1.82, 2.24) is 15.2 Å². The van der Waals surface area contributed by atoms with Crippen LogP contribution in [-0.2, 0) is 17.9 Å². The second-order valence-electron chi connectivity index (χ2n) is 8.17. The van der Waals surface area contributed by atoms with Crippen LogP contribution in [0.4, 0.5) is 0 Å². The monoisotopic (exact) mass is 498 g/mol. The highest BCUT2D eigenvalue weighted by molar-refractivity contribution is 6.05. The number of nitrogens with zero attached hydrogens (tertiary/aromatic N) is 3. The van der Waals surface area contributed by atoms with Gasteiger partial charge in [-0.25, -0.2) is 14.9 Å². The van der Waals surface area contributed by atoms with Crippen molar-refractivity contribution in [2.75, 3.05) is 7.11 Å². The van der Waals surface area contributed by atoms with Gasteiger partial charge in [0, 0.05) is 11.9 Å². The van der Waals surface area contributed by atoms with E-state index in [-0.39, 0.29) is 17.2 Å². The molecule has 0 saturated carbocycles. The summed E-state index contributed by atoms with van der Waals surface area (Å²) in [5.74, 6) is -0.228. The molecule has 0 atom stereocenters. The van der Waals surface area contributed by atoms with E-state index in [1.54, 1.807) is 60.7 Å². The van der Waals surface area contributed by atoms with E-state index in [0.717, 1.165) is 11.1 Å². The van der Waals surface area contributed by atoms with Gasteiger partial charge in [0.1, 0.15) is 12.4 Å². The number of amides is 1. The number of carbonyl (C=O) groups is 2. The number of ether oxygens (including phenoxy) is 2. The summed E-state index contributed by atoms with van der Waals surface area (Å²) in [6, 6.07) is 21.1. The third kappa shape index (κ3) is 6.07. The molecule has 4 aromatic rings. The lowest BCUT2D eigenvalue weighted by molar-refractivity contribution is 0.0600. The third-order valence-electron chi connectivity index (χ3n) is 5.56. The molecule has 3 aromatic carbocycles. The van der Waals surface area contributed by atoms with Crippen molar-refractivity contribution in [1.29, 1.82) is 0 Å². The Hall–Kier alpha value is -4.79. The third-order valence-corrected chi connectivity index (χ3v) is 5.56. The molecule has 0 spiro atoms. The average Bonchev–Trinajstić information content (AvgIpc) is 2.94. The van der Waals surface area contributed by atoms with Crippen molar-refractivity contribution < 1.29 is 19.1 Å². The number of methoxy groups -OCH3 is 1. The maximum Gasteiger partial charge on any atom is 0.337 e. The first-order valence-corrected chi connectivity index (χ1v) is 11.7. The van der Waals surface area contributed by atoms with Crippen molar-refractivity contribution in [2.45, 2.75) is 26.5 Å². The topological polar surface area (TPSA) is 112 Å². The van der Waals surface area contributed by atoms with Crippen LogP contribution in [0.25, 0.3) is 10.8 Å². The number of carbonyl (C=O) groups excluding carboxylic acids is 2. The van der Waals surface area contributed by atoms with Crippen LogP contribution in [0.15, 0.2) is 82.7 Å². The highest BCUT2D eigenvalue weighted by atomic mass is 16.5. The van der Waals surface area contributed by atoms with Gasteiger partial charge in [0.05, 0.1) is 24.3 Å². The highest BCUT2D eigenvalue weighted by Gasteiger charge is 2.16. The average molecular weight is 499 g/mol. The lowest BCUT2D eigenvalue weighted by Crippen LogP contribution is -2.29. The Balaban J connectivity index is 1.38. The predicted octanol–water partition coefficient (Wildman–Crippen LogP) is 3.94. The number of hydrogen-bond acceptors (Lipinski definition) is 7. The molecule has 4 rings (SSSR count). The lowest BCUT2D eigenvalue weighted by atomic mass is 10.1. The largest absolute Gasteiger partial charge is 0.489 e. The fourth-order valence-electron chi connectivity index (χ4n) is 3.66. The van der Waals surface area contributed by atoms with Gasteiger partial charge in [-0.15, -0.1) is 0 Å². The zero-order chi connectivity index (χ0) is 26.2. The number of rotatable bonds is 9. The Labute approximate surface area is 213 Å². The molecule has 1 N–H and O–H groups in total. The molecule has 0 aliphatic carbocycles. The van der Waals surface area contributed by atoms with Gasteiger partial charge in [0.25, 0.3) is 11.5 Å². The van der Waals surface area contributed by atoms with E-state index in [1.807, 2.05) is 19.1 Å². The number of nitrogens with one attached hydrogen (secondary N) is 1. The maximum absolute atomic E-state index is 12.8. The zero-order valence-electron chi connectivity index (χ0n) is 20.5. The van der Waals surface area contributed by atoms with Gasteiger partial charge in [-0.2, -0.15) is 10.2 Å². The SMILES string of the molecule is CCCn1nc(C(=O)NN=Cc2ccc(OCc3ccc(C(=O)OC)cc3)cc2)c2ccccc2c1=O. The molecule has 0 aliphatic rings. The zero-order valence-corrected chi connectivity index (χ0v) is 20.5. The standard InChI is InChI=1S/C28H26N4O5/c1-3-16-32-27(34)24-7-5-4-6-23(24)25(31-32)26(33)30-29-17-19-10-14-22(15-11-19)37-18-20-8-12-21(13-9-20)28(35)36-2/h4-15,17H,3,16,18H2,1-2H3,(H,30,33). The highest BCUT2D eigenvalue weighted by Crippen LogP contribution is 2.15. The summed E-state index contributed by atoms with van der Waals surface area (Å²) in [6.07, 6.45) is 2.23. The summed E-state index contributed by atoms with van der Waals surface area (Å²) < 4.78 is 11.8. The number of fused-ring (bicyclic) bond motifs is 1. The summed E-state index contributed by atoms with van der Waals surface area (Å²) in [4.78, 5) is 36.9. The Morgan fingerprint density at radius 3 is 2.38 bits per heavy atom.